The molecule has 0 bridgehead atoms. The van der Waals surface area contributed by atoms with E-state index in [4.69, 9.17) is 26.8 Å². The molecule has 4 aliphatic heterocycles. The van der Waals surface area contributed by atoms with Crippen molar-refractivity contribution in [1.29, 1.82) is 0 Å². The zero-order valence-corrected chi connectivity index (χ0v) is 44.2. The third kappa shape index (κ3) is 9.84. The molecule has 6 aromatic rings. The number of imide groups is 1. The van der Waals surface area contributed by atoms with E-state index >= 15 is 17.6 Å². The van der Waals surface area contributed by atoms with Crippen LogP contribution in [0.5, 0.6) is 17.2 Å². The van der Waals surface area contributed by atoms with Crippen molar-refractivity contribution in [3.05, 3.63) is 135 Å². The molecule has 11 rings (SSSR count). The van der Waals surface area contributed by atoms with Crippen LogP contribution in [0.3, 0.4) is 0 Å². The quantitative estimate of drug-likeness (QED) is 0.0955. The first-order valence-electron chi connectivity index (χ1n) is 26.9. The maximum Gasteiger partial charge on any atom is 0.329 e. The number of ether oxygens (including phenoxy) is 2. The van der Waals surface area contributed by atoms with Gasteiger partial charge in [0.2, 0.25) is 17.7 Å². The van der Waals surface area contributed by atoms with Crippen LogP contribution in [0.2, 0.25) is 5.02 Å². The predicted octanol–water partition coefficient (Wildman–Crippen LogP) is 10.4. The monoisotopic (exact) mass is 1090 g/mol. The highest BCUT2D eigenvalue weighted by molar-refractivity contribution is 6.34. The van der Waals surface area contributed by atoms with Crippen LogP contribution in [-0.4, -0.2) is 95.2 Å². The molecule has 5 aromatic carbocycles. The lowest BCUT2D eigenvalue weighted by Gasteiger charge is -2.40. The number of urea groups is 1. The van der Waals surface area contributed by atoms with E-state index < -0.39 is 52.6 Å². The van der Waals surface area contributed by atoms with Crippen molar-refractivity contribution in [2.24, 2.45) is 24.6 Å². The van der Waals surface area contributed by atoms with E-state index in [0.29, 0.717) is 69.1 Å². The van der Waals surface area contributed by atoms with Gasteiger partial charge in [-0.1, -0.05) is 67.1 Å². The number of hydrogen-bond acceptors (Lipinski definition) is 9. The van der Waals surface area contributed by atoms with Gasteiger partial charge in [-0.3, -0.25) is 29.3 Å². The summed E-state index contributed by atoms with van der Waals surface area (Å²) < 4.78 is 79.2. The molecular formula is C59H61ClF4N8O6. The zero-order valence-electron chi connectivity index (χ0n) is 43.4. The molecule has 78 heavy (non-hydrogen) atoms. The number of fused-ring (bicyclic) bond motifs is 2. The van der Waals surface area contributed by atoms with Crippen LogP contribution in [0.15, 0.2) is 84.9 Å². The van der Waals surface area contributed by atoms with Gasteiger partial charge < -0.3 is 30.3 Å². The SMILES string of the molecule is CC1c2c(cc(F)c(Cl)c2-c2c(C(N)=O)ccc(Oc3ccccc3)c2F)OC1(CNC1CCC(C(=O)N2CCC(CN3CCC(c4c(F)cc5c(N6CCC(=O)NC6=O)nn(C)c5c4F)CC3)CC2)CC1)c1ccccc1. The number of aryl methyl sites for hydroxylation is 1. The lowest BCUT2D eigenvalue weighted by atomic mass is 9.77. The fourth-order valence-electron chi connectivity index (χ4n) is 12.8. The summed E-state index contributed by atoms with van der Waals surface area (Å²) in [6.07, 6.45) is 5.86. The van der Waals surface area contributed by atoms with E-state index in [-0.39, 0.29) is 98.8 Å². The molecule has 0 radical (unpaired) electrons. The molecule has 19 heteroatoms. The Bertz CT molecular complexity index is 3310. The minimum absolute atomic E-state index is 0.0385. The van der Waals surface area contributed by atoms with E-state index in [2.05, 4.69) is 20.6 Å². The molecular weight excluding hydrogens is 1030 g/mol. The molecule has 408 valence electrons. The van der Waals surface area contributed by atoms with Gasteiger partial charge in [-0.25, -0.2) is 22.4 Å². The Morgan fingerprint density at radius 2 is 1.53 bits per heavy atom. The minimum atomic E-state index is -1.12. The van der Waals surface area contributed by atoms with Crippen molar-refractivity contribution in [2.45, 2.75) is 88.2 Å². The molecule has 4 N–H and O–H groups in total. The summed E-state index contributed by atoms with van der Waals surface area (Å²) >= 11 is 6.81. The van der Waals surface area contributed by atoms with Crippen LogP contribution < -0.4 is 30.7 Å². The van der Waals surface area contributed by atoms with E-state index in [1.807, 2.05) is 42.2 Å². The maximum absolute atomic E-state index is 16.9. The number of amides is 5. The number of benzene rings is 5. The first kappa shape index (κ1) is 53.0. The van der Waals surface area contributed by atoms with Crippen LogP contribution in [0.4, 0.5) is 28.2 Å². The molecule has 5 aliphatic rings. The number of carbonyl (C=O) groups excluding carboxylic acids is 4. The summed E-state index contributed by atoms with van der Waals surface area (Å²) in [6, 6.07) is 22.6. The number of aromatic nitrogens is 2. The molecule has 1 aromatic heterocycles. The van der Waals surface area contributed by atoms with Crippen LogP contribution in [0.25, 0.3) is 22.0 Å². The van der Waals surface area contributed by atoms with E-state index in [1.165, 1.54) is 33.8 Å². The topological polar surface area (TPSA) is 164 Å². The summed E-state index contributed by atoms with van der Waals surface area (Å²) in [5, 5.41) is 10.1. The van der Waals surface area contributed by atoms with Crippen LogP contribution in [0, 0.1) is 35.1 Å². The number of piperidine rings is 2. The summed E-state index contributed by atoms with van der Waals surface area (Å²) in [4.78, 5) is 56.9. The van der Waals surface area contributed by atoms with Crippen LogP contribution >= 0.6 is 11.6 Å². The number of likely N-dealkylation sites (tertiary alicyclic amines) is 2. The molecule has 3 saturated heterocycles. The van der Waals surface area contributed by atoms with Crippen molar-refractivity contribution >= 4 is 52.1 Å². The normalized spacial score (nSPS) is 22.4. The molecule has 1 aliphatic carbocycles. The Morgan fingerprint density at radius 3 is 2.21 bits per heavy atom. The van der Waals surface area contributed by atoms with Crippen molar-refractivity contribution in [1.82, 2.24) is 30.2 Å². The standard InChI is InChI=1S/C59H61ClF4N8O6/c1-33-47-45(30-43(62)51(60)50(47)49-40(55(65)74)17-18-44(52(49)63)77-39-11-7-4-8-12-39)78-59(33,37-9-5-3-6-10-37)32-66-38-15-13-36(14-16-38)57(75)71-26-19-34(20-27-71)31-70-24-21-35(22-25-70)48-42(61)29-41-54(53(48)64)69(2)68-56(41)72-28-23-46(73)67-58(72)76/h3-12,17-18,29-30,33-36,38,66H,13-16,19-28,31-32H2,1-2H3,(H2,65,74)(H,67,73,76). The average Bonchev–Trinajstić information content (AvgIpc) is 4.12. The van der Waals surface area contributed by atoms with Crippen molar-refractivity contribution in [2.75, 3.05) is 50.7 Å². The van der Waals surface area contributed by atoms with Crippen molar-refractivity contribution in [3.8, 4) is 28.4 Å². The molecule has 5 amide bonds. The van der Waals surface area contributed by atoms with Gasteiger partial charge in [0.05, 0.1) is 16.0 Å². The number of halogens is 5. The number of rotatable bonds is 13. The summed E-state index contributed by atoms with van der Waals surface area (Å²) in [7, 11) is 1.56. The first-order valence-corrected chi connectivity index (χ1v) is 27.3. The third-order valence-electron chi connectivity index (χ3n) is 17.0. The summed E-state index contributed by atoms with van der Waals surface area (Å²) in [5.41, 5.74) is 5.57. The van der Waals surface area contributed by atoms with Crippen molar-refractivity contribution in [3.63, 3.8) is 0 Å². The van der Waals surface area contributed by atoms with Gasteiger partial charge >= 0.3 is 6.03 Å². The van der Waals surface area contributed by atoms with E-state index in [1.54, 1.807) is 37.4 Å². The highest BCUT2D eigenvalue weighted by Crippen LogP contribution is 2.57. The lowest BCUT2D eigenvalue weighted by Crippen LogP contribution is -2.49. The third-order valence-corrected chi connectivity index (χ3v) is 17.4. The lowest BCUT2D eigenvalue weighted by molar-refractivity contribution is -0.138. The molecule has 5 heterocycles. The Hall–Kier alpha value is -7.02. The van der Waals surface area contributed by atoms with Gasteiger partial charge in [0.15, 0.2) is 28.8 Å². The number of para-hydroxylation sites is 1. The number of nitrogens with one attached hydrogen (secondary N) is 2. The average molecular weight is 1090 g/mol. The number of hydrogen-bond donors (Lipinski definition) is 3. The molecule has 14 nitrogen and oxygen atoms in total. The van der Waals surface area contributed by atoms with E-state index in [9.17, 15) is 19.2 Å². The second kappa shape index (κ2) is 21.7. The smallest absolute Gasteiger partial charge is 0.329 e. The second-order valence-corrected chi connectivity index (χ2v) is 22.0. The molecule has 2 unspecified atom stereocenters. The van der Waals surface area contributed by atoms with Gasteiger partial charge in [0.25, 0.3) is 0 Å². The number of anilines is 1. The highest BCUT2D eigenvalue weighted by Gasteiger charge is 2.50. The largest absolute Gasteiger partial charge is 0.480 e. The fraction of sp³-hybridized carbons (Fsp3) is 0.407. The van der Waals surface area contributed by atoms with Gasteiger partial charge in [-0.2, -0.15) is 5.10 Å². The molecule has 2 atom stereocenters. The van der Waals surface area contributed by atoms with Gasteiger partial charge in [0, 0.05) is 92.4 Å². The first-order chi connectivity index (χ1) is 37.6. The van der Waals surface area contributed by atoms with Gasteiger partial charge in [-0.15, -0.1) is 0 Å². The minimum Gasteiger partial charge on any atom is -0.480 e. The van der Waals surface area contributed by atoms with E-state index in [0.717, 1.165) is 37.8 Å². The van der Waals surface area contributed by atoms with Crippen molar-refractivity contribution < 1.29 is 46.2 Å². The fourth-order valence-corrected chi connectivity index (χ4v) is 13.1. The Labute approximate surface area is 454 Å². The second-order valence-electron chi connectivity index (χ2n) is 21.6. The van der Waals surface area contributed by atoms with Crippen LogP contribution in [0.1, 0.15) is 104 Å². The summed E-state index contributed by atoms with van der Waals surface area (Å²) in [6.45, 7) is 5.84. The van der Waals surface area contributed by atoms with Gasteiger partial charge in [-0.05, 0) is 112 Å². The predicted molar refractivity (Wildman–Crippen MR) is 287 cm³/mol. The number of primary amides is 1. The number of nitrogens with zero attached hydrogens (tertiary/aromatic N) is 5. The molecule has 0 spiro atoms. The summed E-state index contributed by atoms with van der Waals surface area (Å²) in [5.74, 6) is -4.50. The van der Waals surface area contributed by atoms with Gasteiger partial charge in [0.1, 0.15) is 28.7 Å². The number of carbonyl (C=O) groups is 4. The maximum atomic E-state index is 16.9. The Kier molecular flexibility index (Phi) is 14.7. The van der Waals surface area contributed by atoms with Crippen LogP contribution in [-0.2, 0) is 22.2 Å². The molecule has 4 fully saturated rings. The Morgan fingerprint density at radius 1 is 0.833 bits per heavy atom. The zero-order chi connectivity index (χ0) is 54.6. The molecule has 1 saturated carbocycles. The Balaban J connectivity index is 0.702. The number of nitrogens with two attached hydrogens (primary N) is 1. The highest BCUT2D eigenvalue weighted by atomic mass is 35.5.